The lowest BCUT2D eigenvalue weighted by atomic mass is 10.0. The summed E-state index contributed by atoms with van der Waals surface area (Å²) in [5.74, 6) is -1.47. The highest BCUT2D eigenvalue weighted by Gasteiger charge is 2.30. The van der Waals surface area contributed by atoms with Crippen LogP contribution in [0, 0.1) is 5.92 Å². The van der Waals surface area contributed by atoms with Gasteiger partial charge in [-0.05, 0) is 31.6 Å². The van der Waals surface area contributed by atoms with Crippen LogP contribution in [-0.4, -0.2) is 96.7 Å². The third-order valence-corrected chi connectivity index (χ3v) is 17.7. The van der Waals surface area contributed by atoms with Gasteiger partial charge in [0.15, 0.2) is 12.2 Å². The topological polar surface area (TPSA) is 237 Å². The van der Waals surface area contributed by atoms with Crippen LogP contribution in [0.4, 0.5) is 0 Å². The zero-order chi connectivity index (χ0) is 64.2. The maximum atomic E-state index is 13.0. The summed E-state index contributed by atoms with van der Waals surface area (Å²) in [4.78, 5) is 72.2. The molecule has 0 amide bonds. The summed E-state index contributed by atoms with van der Waals surface area (Å²) in [5.41, 5.74) is 0. The standard InChI is InChI=1S/C68H132O17P2/c1-6-9-12-15-18-20-22-23-24-25-26-27-28-29-30-31-32-34-37-43-48-53-67(72)84-63(58-79-66(71)52-47-42-36-33-21-19-16-13-10-7-2)59-82-86(74,75)80-55-62(69)56-81-87(76,77)83-60-64(57-78-65(70)51-46-41-35-17-14-11-8-3)85-68(73)54-49-44-39-38-40-45-50-61(4)5/h61-64,69H,6-60H2,1-5H3,(H,74,75)(H,76,77)/t62-,63-,64-/m1/s1. The molecular weight excluding hydrogens is 1150 g/mol. The van der Waals surface area contributed by atoms with Gasteiger partial charge >= 0.3 is 39.5 Å². The van der Waals surface area contributed by atoms with Gasteiger partial charge in [-0.2, -0.15) is 0 Å². The molecule has 19 heteroatoms. The second kappa shape index (κ2) is 61.6. The van der Waals surface area contributed by atoms with Crippen molar-refractivity contribution in [3.8, 4) is 0 Å². The van der Waals surface area contributed by atoms with Crippen molar-refractivity contribution in [1.29, 1.82) is 0 Å². The number of aliphatic hydroxyl groups excluding tert-OH is 1. The second-order valence-corrected chi connectivity index (χ2v) is 27.9. The molecule has 0 saturated carbocycles. The average Bonchev–Trinajstić information content (AvgIpc) is 3.69. The third-order valence-electron chi connectivity index (χ3n) is 15.8. The molecule has 2 unspecified atom stereocenters. The number of carbonyl (C=O) groups excluding carboxylic acids is 4. The first-order chi connectivity index (χ1) is 42.0. The minimum Gasteiger partial charge on any atom is -0.462 e. The highest BCUT2D eigenvalue weighted by molar-refractivity contribution is 7.47. The van der Waals surface area contributed by atoms with Crippen molar-refractivity contribution in [3.05, 3.63) is 0 Å². The second-order valence-electron chi connectivity index (χ2n) is 25.0. The predicted molar refractivity (Wildman–Crippen MR) is 349 cm³/mol. The van der Waals surface area contributed by atoms with Gasteiger partial charge in [0, 0.05) is 25.7 Å². The van der Waals surface area contributed by atoms with E-state index in [4.69, 9.17) is 37.0 Å². The predicted octanol–water partition coefficient (Wildman–Crippen LogP) is 19.4. The van der Waals surface area contributed by atoms with Gasteiger partial charge in [0.25, 0.3) is 0 Å². The monoisotopic (exact) mass is 1280 g/mol. The van der Waals surface area contributed by atoms with Crippen LogP contribution in [0.25, 0.3) is 0 Å². The molecule has 0 fully saturated rings. The quantitative estimate of drug-likeness (QED) is 0.0222. The molecule has 0 bridgehead atoms. The first kappa shape index (κ1) is 85.1. The molecule has 0 aliphatic carbocycles. The zero-order valence-electron chi connectivity index (χ0n) is 56.2. The van der Waals surface area contributed by atoms with E-state index < -0.39 is 97.5 Å². The van der Waals surface area contributed by atoms with Crippen molar-refractivity contribution in [2.75, 3.05) is 39.6 Å². The minimum atomic E-state index is -4.95. The third kappa shape index (κ3) is 62.6. The Morgan fingerprint density at radius 3 is 0.782 bits per heavy atom. The van der Waals surface area contributed by atoms with E-state index in [9.17, 15) is 43.2 Å². The van der Waals surface area contributed by atoms with E-state index in [-0.39, 0.29) is 25.7 Å². The van der Waals surface area contributed by atoms with Gasteiger partial charge in [-0.3, -0.25) is 37.3 Å². The highest BCUT2D eigenvalue weighted by Crippen LogP contribution is 2.45. The summed E-state index contributed by atoms with van der Waals surface area (Å²) < 4.78 is 68.0. The van der Waals surface area contributed by atoms with Gasteiger partial charge in [0.2, 0.25) is 0 Å². The lowest BCUT2D eigenvalue weighted by Gasteiger charge is -2.21. The average molecular weight is 1280 g/mol. The number of esters is 4. The van der Waals surface area contributed by atoms with Crippen molar-refractivity contribution < 1.29 is 80.2 Å². The lowest BCUT2D eigenvalue weighted by molar-refractivity contribution is -0.161. The summed E-state index contributed by atoms with van der Waals surface area (Å²) in [6.45, 7) is 7.08. The SMILES string of the molecule is CCCCCCCCCCCCCCCCCCCCCCCC(=O)O[C@H](COC(=O)CCCCCCCCCCCC)COP(=O)(O)OC[C@@H](O)COP(=O)(O)OC[C@@H](COC(=O)CCCCCCCCC)OC(=O)CCCCCCCCC(C)C. The number of aliphatic hydroxyl groups is 1. The van der Waals surface area contributed by atoms with Crippen molar-refractivity contribution >= 4 is 39.5 Å². The molecule has 0 saturated heterocycles. The molecule has 5 atom stereocenters. The number of carbonyl (C=O) groups is 4. The van der Waals surface area contributed by atoms with E-state index in [1.54, 1.807) is 0 Å². The number of ether oxygens (including phenoxy) is 4. The molecule has 0 rings (SSSR count). The van der Waals surface area contributed by atoms with E-state index >= 15 is 0 Å². The van der Waals surface area contributed by atoms with Crippen LogP contribution in [0.15, 0.2) is 0 Å². The molecule has 0 aromatic carbocycles. The number of rotatable bonds is 68. The van der Waals surface area contributed by atoms with Gasteiger partial charge in [-0.15, -0.1) is 0 Å². The number of hydrogen-bond donors (Lipinski definition) is 3. The number of hydrogen-bond acceptors (Lipinski definition) is 15. The fourth-order valence-corrected chi connectivity index (χ4v) is 11.9. The van der Waals surface area contributed by atoms with Crippen molar-refractivity contribution in [2.24, 2.45) is 5.92 Å². The van der Waals surface area contributed by atoms with Gasteiger partial charge in [0.1, 0.15) is 19.3 Å². The van der Waals surface area contributed by atoms with Crippen LogP contribution < -0.4 is 0 Å². The largest absolute Gasteiger partial charge is 0.472 e. The Bertz CT molecular complexity index is 1690. The smallest absolute Gasteiger partial charge is 0.462 e. The Kier molecular flexibility index (Phi) is 60.2. The molecule has 0 aliphatic heterocycles. The highest BCUT2D eigenvalue weighted by atomic mass is 31.2. The summed E-state index contributed by atoms with van der Waals surface area (Å²) in [5, 5.41) is 10.5. The summed E-state index contributed by atoms with van der Waals surface area (Å²) in [6.07, 6.45) is 47.7. The maximum Gasteiger partial charge on any atom is 0.472 e. The maximum absolute atomic E-state index is 13.0. The molecule has 3 N–H and O–H groups in total. The van der Waals surface area contributed by atoms with Gasteiger partial charge in [-0.1, -0.05) is 298 Å². The number of phosphoric acid groups is 2. The molecule has 0 aromatic rings. The van der Waals surface area contributed by atoms with Gasteiger partial charge < -0.3 is 33.8 Å². The summed E-state index contributed by atoms with van der Waals surface area (Å²) in [6, 6.07) is 0. The van der Waals surface area contributed by atoms with Crippen molar-refractivity contribution in [2.45, 2.75) is 368 Å². The first-order valence-corrected chi connectivity index (χ1v) is 38.6. The minimum absolute atomic E-state index is 0.102. The Balaban J connectivity index is 5.10. The van der Waals surface area contributed by atoms with E-state index in [1.165, 1.54) is 161 Å². The van der Waals surface area contributed by atoms with Gasteiger partial charge in [0.05, 0.1) is 26.4 Å². The number of phosphoric ester groups is 2. The van der Waals surface area contributed by atoms with Crippen LogP contribution in [-0.2, 0) is 65.4 Å². The normalized spacial score (nSPS) is 14.1. The van der Waals surface area contributed by atoms with Crippen molar-refractivity contribution in [1.82, 2.24) is 0 Å². The Hall–Kier alpha value is -1.94. The van der Waals surface area contributed by atoms with Crippen LogP contribution in [0.1, 0.15) is 349 Å². The molecule has 17 nitrogen and oxygen atoms in total. The van der Waals surface area contributed by atoms with Crippen LogP contribution in [0.3, 0.4) is 0 Å². The van der Waals surface area contributed by atoms with E-state index in [0.717, 1.165) is 103 Å². The molecular formula is C68H132O17P2. The summed E-state index contributed by atoms with van der Waals surface area (Å²) >= 11 is 0. The van der Waals surface area contributed by atoms with Crippen LogP contribution in [0.5, 0.6) is 0 Å². The van der Waals surface area contributed by atoms with E-state index in [2.05, 4.69) is 34.6 Å². The Labute approximate surface area is 530 Å². The van der Waals surface area contributed by atoms with Crippen molar-refractivity contribution in [3.63, 3.8) is 0 Å². The molecule has 0 heterocycles. The van der Waals surface area contributed by atoms with Gasteiger partial charge in [-0.25, -0.2) is 9.13 Å². The fourth-order valence-electron chi connectivity index (χ4n) is 10.3. The molecule has 516 valence electrons. The molecule has 0 aromatic heterocycles. The van der Waals surface area contributed by atoms with E-state index in [1.807, 2.05) is 0 Å². The Morgan fingerprint density at radius 2 is 0.529 bits per heavy atom. The lowest BCUT2D eigenvalue weighted by Crippen LogP contribution is -2.30. The molecule has 87 heavy (non-hydrogen) atoms. The van der Waals surface area contributed by atoms with Crippen LogP contribution in [0.2, 0.25) is 0 Å². The molecule has 0 radical (unpaired) electrons. The summed E-state index contributed by atoms with van der Waals surface area (Å²) in [7, 11) is -9.88. The first-order valence-electron chi connectivity index (χ1n) is 35.6. The zero-order valence-corrected chi connectivity index (χ0v) is 57.9. The van der Waals surface area contributed by atoms with E-state index in [0.29, 0.717) is 31.6 Å². The molecule has 0 spiro atoms. The fraction of sp³-hybridized carbons (Fsp3) is 0.941. The number of unbranched alkanes of at least 4 members (excludes halogenated alkanes) is 40. The van der Waals surface area contributed by atoms with Crippen LogP contribution >= 0.6 is 15.6 Å². The molecule has 0 aliphatic rings. The Morgan fingerprint density at radius 1 is 0.310 bits per heavy atom.